The lowest BCUT2D eigenvalue weighted by Crippen LogP contribution is -2.02. The lowest BCUT2D eigenvalue weighted by Gasteiger charge is -2.09. The molecule has 0 spiro atoms. The van der Waals surface area contributed by atoms with E-state index in [1.807, 2.05) is 43.3 Å². The van der Waals surface area contributed by atoms with E-state index in [1.54, 1.807) is 7.11 Å². The van der Waals surface area contributed by atoms with Gasteiger partial charge >= 0.3 is 0 Å². The number of pyridine rings is 1. The predicted octanol–water partition coefficient (Wildman–Crippen LogP) is 3.66. The van der Waals surface area contributed by atoms with Crippen molar-refractivity contribution in [1.29, 1.82) is 0 Å². The van der Waals surface area contributed by atoms with E-state index >= 15 is 0 Å². The number of ether oxygens (including phenoxy) is 1. The average Bonchev–Trinajstić information content (AvgIpc) is 2.37. The maximum absolute atomic E-state index is 6.06. The standard InChI is InChI=1S/C14H15ClN2O/c1-10-4-3-5-12(17-10)9-16-11-6-7-14(18-2)13(15)8-11/h3-8,16H,9H2,1-2H3. The van der Waals surface area contributed by atoms with Crippen LogP contribution in [0, 0.1) is 6.92 Å². The molecule has 2 rings (SSSR count). The number of nitrogens with zero attached hydrogens (tertiary/aromatic N) is 1. The van der Waals surface area contributed by atoms with Crippen LogP contribution in [0.15, 0.2) is 36.4 Å². The molecule has 0 atom stereocenters. The molecule has 0 saturated carbocycles. The molecule has 4 heteroatoms. The first-order valence-electron chi connectivity index (χ1n) is 5.69. The van der Waals surface area contributed by atoms with Gasteiger partial charge in [0.1, 0.15) is 5.75 Å². The summed E-state index contributed by atoms with van der Waals surface area (Å²) in [5.74, 6) is 0.677. The predicted molar refractivity (Wildman–Crippen MR) is 74.3 cm³/mol. The summed E-state index contributed by atoms with van der Waals surface area (Å²) in [6, 6.07) is 11.6. The number of benzene rings is 1. The molecule has 94 valence electrons. The van der Waals surface area contributed by atoms with E-state index in [0.717, 1.165) is 17.1 Å². The zero-order valence-electron chi connectivity index (χ0n) is 10.4. The number of nitrogens with one attached hydrogen (secondary N) is 1. The fourth-order valence-corrected chi connectivity index (χ4v) is 1.92. The Balaban J connectivity index is 2.04. The highest BCUT2D eigenvalue weighted by Gasteiger charge is 2.02. The highest BCUT2D eigenvalue weighted by Crippen LogP contribution is 2.27. The van der Waals surface area contributed by atoms with Crippen LogP contribution < -0.4 is 10.1 Å². The lowest BCUT2D eigenvalue weighted by molar-refractivity contribution is 0.415. The largest absolute Gasteiger partial charge is 0.495 e. The molecule has 0 bridgehead atoms. The van der Waals surface area contributed by atoms with E-state index in [0.29, 0.717) is 17.3 Å². The van der Waals surface area contributed by atoms with Gasteiger partial charge in [0, 0.05) is 11.4 Å². The van der Waals surface area contributed by atoms with Crippen molar-refractivity contribution in [1.82, 2.24) is 4.98 Å². The van der Waals surface area contributed by atoms with Crippen molar-refractivity contribution in [3.05, 3.63) is 52.8 Å². The zero-order chi connectivity index (χ0) is 13.0. The van der Waals surface area contributed by atoms with Crippen LogP contribution in [-0.4, -0.2) is 12.1 Å². The summed E-state index contributed by atoms with van der Waals surface area (Å²) < 4.78 is 5.11. The summed E-state index contributed by atoms with van der Waals surface area (Å²) in [6.07, 6.45) is 0. The van der Waals surface area contributed by atoms with Crippen molar-refractivity contribution in [2.24, 2.45) is 0 Å². The molecule has 18 heavy (non-hydrogen) atoms. The van der Waals surface area contributed by atoms with Crippen molar-refractivity contribution in [3.63, 3.8) is 0 Å². The number of methoxy groups -OCH3 is 1. The molecule has 0 unspecified atom stereocenters. The summed E-state index contributed by atoms with van der Waals surface area (Å²) in [7, 11) is 1.60. The SMILES string of the molecule is COc1ccc(NCc2cccc(C)n2)cc1Cl. The maximum Gasteiger partial charge on any atom is 0.137 e. The Labute approximate surface area is 112 Å². The molecule has 1 heterocycles. The Hall–Kier alpha value is -1.74. The Kier molecular flexibility index (Phi) is 4.05. The van der Waals surface area contributed by atoms with Crippen molar-refractivity contribution in [2.45, 2.75) is 13.5 Å². The number of aryl methyl sites for hydroxylation is 1. The summed E-state index contributed by atoms with van der Waals surface area (Å²) in [4.78, 5) is 4.42. The first-order valence-corrected chi connectivity index (χ1v) is 6.07. The maximum atomic E-state index is 6.06. The molecule has 0 radical (unpaired) electrons. The molecule has 0 aliphatic rings. The van der Waals surface area contributed by atoms with Crippen molar-refractivity contribution < 1.29 is 4.74 Å². The molecule has 0 saturated heterocycles. The fraction of sp³-hybridized carbons (Fsp3) is 0.214. The zero-order valence-corrected chi connectivity index (χ0v) is 11.2. The van der Waals surface area contributed by atoms with Gasteiger partial charge in [-0.3, -0.25) is 4.98 Å². The van der Waals surface area contributed by atoms with E-state index in [2.05, 4.69) is 10.3 Å². The molecule has 1 aromatic heterocycles. The minimum atomic E-state index is 0.597. The quantitative estimate of drug-likeness (QED) is 0.913. The molecule has 2 aromatic rings. The third-order valence-corrected chi connectivity index (χ3v) is 2.87. The molecule has 1 N–H and O–H groups in total. The van der Waals surface area contributed by atoms with Crippen molar-refractivity contribution >= 4 is 17.3 Å². The van der Waals surface area contributed by atoms with Gasteiger partial charge in [-0.15, -0.1) is 0 Å². The van der Waals surface area contributed by atoms with Gasteiger partial charge in [-0.1, -0.05) is 17.7 Å². The van der Waals surface area contributed by atoms with Crippen LogP contribution >= 0.6 is 11.6 Å². The van der Waals surface area contributed by atoms with E-state index in [4.69, 9.17) is 16.3 Å². The van der Waals surface area contributed by atoms with Gasteiger partial charge in [-0.2, -0.15) is 0 Å². The molecule has 0 amide bonds. The minimum Gasteiger partial charge on any atom is -0.495 e. The fourth-order valence-electron chi connectivity index (χ4n) is 1.67. The Morgan fingerprint density at radius 3 is 2.78 bits per heavy atom. The third-order valence-electron chi connectivity index (χ3n) is 2.57. The second-order valence-electron chi connectivity index (χ2n) is 3.97. The van der Waals surface area contributed by atoms with E-state index in [9.17, 15) is 0 Å². The first-order chi connectivity index (χ1) is 8.69. The van der Waals surface area contributed by atoms with E-state index in [-0.39, 0.29) is 0 Å². The van der Waals surface area contributed by atoms with Crippen molar-refractivity contribution in [2.75, 3.05) is 12.4 Å². The van der Waals surface area contributed by atoms with Gasteiger partial charge in [0.15, 0.2) is 0 Å². The van der Waals surface area contributed by atoms with Crippen LogP contribution in [0.3, 0.4) is 0 Å². The summed E-state index contributed by atoms with van der Waals surface area (Å²) in [6.45, 7) is 2.65. The number of hydrogen-bond acceptors (Lipinski definition) is 3. The highest BCUT2D eigenvalue weighted by atomic mass is 35.5. The summed E-state index contributed by atoms with van der Waals surface area (Å²) in [5.41, 5.74) is 2.97. The second-order valence-corrected chi connectivity index (χ2v) is 4.38. The molecule has 0 aliphatic heterocycles. The second kappa shape index (κ2) is 5.74. The first kappa shape index (κ1) is 12.7. The summed E-state index contributed by atoms with van der Waals surface area (Å²) in [5, 5.41) is 3.87. The number of anilines is 1. The Bertz CT molecular complexity index is 543. The topological polar surface area (TPSA) is 34.1 Å². The smallest absolute Gasteiger partial charge is 0.137 e. The average molecular weight is 263 g/mol. The third kappa shape index (κ3) is 3.14. The molecule has 0 fully saturated rings. The lowest BCUT2D eigenvalue weighted by atomic mass is 10.2. The Morgan fingerprint density at radius 1 is 1.28 bits per heavy atom. The van der Waals surface area contributed by atoms with Gasteiger partial charge in [-0.25, -0.2) is 0 Å². The van der Waals surface area contributed by atoms with Crippen LogP contribution in [0.2, 0.25) is 5.02 Å². The van der Waals surface area contributed by atoms with Gasteiger partial charge < -0.3 is 10.1 Å². The van der Waals surface area contributed by atoms with E-state index < -0.39 is 0 Å². The van der Waals surface area contributed by atoms with Crippen molar-refractivity contribution in [3.8, 4) is 5.75 Å². The number of aromatic nitrogens is 1. The van der Waals surface area contributed by atoms with Crippen LogP contribution in [0.5, 0.6) is 5.75 Å². The van der Waals surface area contributed by atoms with Gasteiger partial charge in [-0.05, 0) is 37.3 Å². The van der Waals surface area contributed by atoms with Gasteiger partial charge in [0.05, 0.1) is 24.4 Å². The van der Waals surface area contributed by atoms with Crippen LogP contribution in [0.1, 0.15) is 11.4 Å². The molecule has 3 nitrogen and oxygen atoms in total. The van der Waals surface area contributed by atoms with E-state index in [1.165, 1.54) is 0 Å². The summed E-state index contributed by atoms with van der Waals surface area (Å²) >= 11 is 6.06. The molecule has 1 aromatic carbocycles. The van der Waals surface area contributed by atoms with Crippen LogP contribution in [0.4, 0.5) is 5.69 Å². The molecule has 0 aliphatic carbocycles. The normalized spacial score (nSPS) is 10.2. The highest BCUT2D eigenvalue weighted by molar-refractivity contribution is 6.32. The van der Waals surface area contributed by atoms with Gasteiger partial charge in [0.2, 0.25) is 0 Å². The molecular formula is C14H15ClN2O. The van der Waals surface area contributed by atoms with Crippen LogP contribution in [0.25, 0.3) is 0 Å². The number of halogens is 1. The molecular weight excluding hydrogens is 248 g/mol. The van der Waals surface area contributed by atoms with Crippen LogP contribution in [-0.2, 0) is 6.54 Å². The monoisotopic (exact) mass is 262 g/mol. The number of rotatable bonds is 4. The minimum absolute atomic E-state index is 0.597. The number of hydrogen-bond donors (Lipinski definition) is 1. The van der Waals surface area contributed by atoms with Gasteiger partial charge in [0.25, 0.3) is 0 Å². The Morgan fingerprint density at radius 2 is 2.11 bits per heavy atom.